The Bertz CT molecular complexity index is 1110. The molecular weight excluding hydrogens is 450 g/mol. The van der Waals surface area contributed by atoms with Gasteiger partial charge in [0.05, 0.1) is 11.9 Å². The molecule has 0 aliphatic heterocycles. The zero-order valence-corrected chi connectivity index (χ0v) is 21.9. The van der Waals surface area contributed by atoms with Gasteiger partial charge in [-0.05, 0) is 63.8 Å². The van der Waals surface area contributed by atoms with Gasteiger partial charge in [0.2, 0.25) is 21.8 Å². The van der Waals surface area contributed by atoms with E-state index in [0.29, 0.717) is 25.2 Å². The molecule has 0 saturated carbocycles. The Hall–Kier alpha value is -2.87. The molecule has 2 rings (SSSR count). The van der Waals surface area contributed by atoms with E-state index in [1.807, 2.05) is 70.2 Å². The maximum absolute atomic E-state index is 13.2. The van der Waals surface area contributed by atoms with Crippen molar-refractivity contribution in [2.24, 2.45) is 0 Å². The number of hydrogen-bond donors (Lipinski definition) is 1. The number of carbonyl (C=O) groups is 2. The van der Waals surface area contributed by atoms with Crippen LogP contribution in [-0.4, -0.2) is 50.5 Å². The van der Waals surface area contributed by atoms with E-state index in [1.165, 1.54) is 10.6 Å². The molecule has 2 amide bonds. The summed E-state index contributed by atoms with van der Waals surface area (Å²) in [6.45, 7) is 10.3. The van der Waals surface area contributed by atoms with E-state index < -0.39 is 16.1 Å². The summed E-state index contributed by atoms with van der Waals surface area (Å²) in [5.74, 6) is -0.397. The molecule has 0 aliphatic rings. The predicted octanol–water partition coefficient (Wildman–Crippen LogP) is 3.71. The molecule has 0 saturated heterocycles. The quantitative estimate of drug-likeness (QED) is 0.523. The number of nitrogens with one attached hydrogen (secondary N) is 1. The summed E-state index contributed by atoms with van der Waals surface area (Å²) in [5.41, 5.74) is 4.46. The third kappa shape index (κ3) is 7.58. The number of anilines is 1. The van der Waals surface area contributed by atoms with Gasteiger partial charge in [0.25, 0.3) is 0 Å². The summed E-state index contributed by atoms with van der Waals surface area (Å²) in [6.07, 6.45) is 1.65. The number of benzene rings is 2. The fourth-order valence-corrected chi connectivity index (χ4v) is 4.90. The van der Waals surface area contributed by atoms with Gasteiger partial charge in [0.1, 0.15) is 6.04 Å². The lowest BCUT2D eigenvalue weighted by atomic mass is 10.1. The van der Waals surface area contributed by atoms with Crippen LogP contribution in [0, 0.1) is 20.8 Å². The first-order valence-electron chi connectivity index (χ1n) is 11.6. The van der Waals surface area contributed by atoms with Crippen molar-refractivity contribution in [1.82, 2.24) is 10.2 Å². The molecule has 0 aliphatic carbocycles. The minimum absolute atomic E-state index is 0.131. The van der Waals surface area contributed by atoms with Crippen molar-refractivity contribution in [1.29, 1.82) is 0 Å². The van der Waals surface area contributed by atoms with Gasteiger partial charge in [-0.1, -0.05) is 42.0 Å². The Labute approximate surface area is 204 Å². The molecule has 2 aromatic carbocycles. The van der Waals surface area contributed by atoms with Crippen molar-refractivity contribution in [2.45, 2.75) is 60.0 Å². The van der Waals surface area contributed by atoms with Crippen LogP contribution in [0.4, 0.5) is 5.69 Å². The first kappa shape index (κ1) is 27.4. The minimum atomic E-state index is -3.52. The van der Waals surface area contributed by atoms with Crippen molar-refractivity contribution >= 4 is 27.5 Å². The molecule has 1 N–H and O–H groups in total. The van der Waals surface area contributed by atoms with Gasteiger partial charge in [-0.25, -0.2) is 8.42 Å². The summed E-state index contributed by atoms with van der Waals surface area (Å²) in [4.78, 5) is 27.3. The van der Waals surface area contributed by atoms with Crippen molar-refractivity contribution in [3.05, 3.63) is 64.7 Å². The van der Waals surface area contributed by atoms with Crippen LogP contribution in [0.5, 0.6) is 0 Å². The van der Waals surface area contributed by atoms with Crippen LogP contribution >= 0.6 is 0 Å². The normalized spacial score (nSPS) is 12.2. The number of aryl methyl sites for hydroxylation is 3. The van der Waals surface area contributed by atoms with Crippen LogP contribution in [-0.2, 0) is 26.2 Å². The maximum Gasteiger partial charge on any atom is 0.242 e. The van der Waals surface area contributed by atoms with Gasteiger partial charge < -0.3 is 10.2 Å². The molecule has 7 nitrogen and oxygen atoms in total. The van der Waals surface area contributed by atoms with E-state index in [1.54, 1.807) is 11.8 Å². The summed E-state index contributed by atoms with van der Waals surface area (Å²) < 4.78 is 26.4. The molecule has 0 aromatic heterocycles. The Kier molecular flexibility index (Phi) is 9.67. The highest BCUT2D eigenvalue weighted by Gasteiger charge is 2.26. The van der Waals surface area contributed by atoms with Crippen molar-refractivity contribution < 1.29 is 18.0 Å². The average Bonchev–Trinajstić information content (AvgIpc) is 2.75. The average molecular weight is 488 g/mol. The fourth-order valence-electron chi connectivity index (χ4n) is 3.88. The second-order valence-electron chi connectivity index (χ2n) is 8.81. The Morgan fingerprint density at radius 1 is 1.03 bits per heavy atom. The standard InChI is InChI=1S/C26H37N3O4S/c1-7-27-26(31)22(5)28(18-23-11-8-10-19(2)16-23)25(30)12-9-15-29(34(6,32)33)24-17-20(3)13-14-21(24)4/h8,10-11,13-14,16-17,22H,7,9,12,15,18H2,1-6H3,(H,27,31)/t22-/m0/s1. The molecule has 0 unspecified atom stereocenters. The summed E-state index contributed by atoms with van der Waals surface area (Å²) in [6, 6.07) is 12.9. The third-order valence-electron chi connectivity index (χ3n) is 5.74. The molecule has 0 radical (unpaired) electrons. The van der Waals surface area contributed by atoms with Gasteiger partial charge in [-0.2, -0.15) is 0 Å². The molecule has 0 heterocycles. The topological polar surface area (TPSA) is 86.8 Å². The first-order valence-corrected chi connectivity index (χ1v) is 13.5. The van der Waals surface area contributed by atoms with Crippen LogP contribution in [0.1, 0.15) is 48.9 Å². The Balaban J connectivity index is 2.19. The van der Waals surface area contributed by atoms with Crippen LogP contribution < -0.4 is 9.62 Å². The van der Waals surface area contributed by atoms with Crippen LogP contribution in [0.3, 0.4) is 0 Å². The SMILES string of the molecule is CCNC(=O)[C@H](C)N(Cc1cccc(C)c1)C(=O)CCCN(c1cc(C)ccc1C)S(C)(=O)=O. The number of likely N-dealkylation sites (N-methyl/N-ethyl adjacent to an activating group) is 1. The molecule has 0 spiro atoms. The zero-order chi connectivity index (χ0) is 25.5. The molecular formula is C26H37N3O4S. The van der Waals surface area contributed by atoms with E-state index in [4.69, 9.17) is 0 Å². The highest BCUT2D eigenvalue weighted by atomic mass is 32.2. The molecule has 186 valence electrons. The van der Waals surface area contributed by atoms with Gasteiger partial charge in [-0.3, -0.25) is 13.9 Å². The number of nitrogens with zero attached hydrogens (tertiary/aromatic N) is 2. The van der Waals surface area contributed by atoms with Crippen LogP contribution in [0.25, 0.3) is 0 Å². The summed E-state index contributed by atoms with van der Waals surface area (Å²) in [5, 5.41) is 2.78. The first-order chi connectivity index (χ1) is 15.9. The van der Waals surface area contributed by atoms with E-state index in [-0.39, 0.29) is 24.8 Å². The molecule has 2 aromatic rings. The van der Waals surface area contributed by atoms with Gasteiger partial charge in [0.15, 0.2) is 0 Å². The van der Waals surface area contributed by atoms with E-state index in [2.05, 4.69) is 5.32 Å². The van der Waals surface area contributed by atoms with Crippen LogP contribution in [0.2, 0.25) is 0 Å². The lowest BCUT2D eigenvalue weighted by Gasteiger charge is -2.29. The van der Waals surface area contributed by atoms with Crippen molar-refractivity contribution in [2.75, 3.05) is 23.7 Å². The number of carbonyl (C=O) groups excluding carboxylic acids is 2. The highest BCUT2D eigenvalue weighted by molar-refractivity contribution is 7.92. The van der Waals surface area contributed by atoms with E-state index in [0.717, 1.165) is 22.3 Å². The lowest BCUT2D eigenvalue weighted by molar-refractivity contribution is -0.140. The Morgan fingerprint density at radius 2 is 1.71 bits per heavy atom. The number of hydrogen-bond acceptors (Lipinski definition) is 4. The third-order valence-corrected chi connectivity index (χ3v) is 6.92. The number of amides is 2. The largest absolute Gasteiger partial charge is 0.355 e. The summed E-state index contributed by atoms with van der Waals surface area (Å²) >= 11 is 0. The molecule has 0 bridgehead atoms. The maximum atomic E-state index is 13.2. The molecule has 0 fully saturated rings. The lowest BCUT2D eigenvalue weighted by Crippen LogP contribution is -2.47. The second-order valence-corrected chi connectivity index (χ2v) is 10.7. The fraction of sp³-hybridized carbons (Fsp3) is 0.462. The monoisotopic (exact) mass is 487 g/mol. The molecule has 34 heavy (non-hydrogen) atoms. The zero-order valence-electron chi connectivity index (χ0n) is 21.1. The molecule has 8 heteroatoms. The van der Waals surface area contributed by atoms with Crippen molar-refractivity contribution in [3.8, 4) is 0 Å². The van der Waals surface area contributed by atoms with Crippen molar-refractivity contribution in [3.63, 3.8) is 0 Å². The van der Waals surface area contributed by atoms with Gasteiger partial charge >= 0.3 is 0 Å². The highest BCUT2D eigenvalue weighted by Crippen LogP contribution is 2.24. The number of sulfonamides is 1. The second kappa shape index (κ2) is 12.0. The summed E-state index contributed by atoms with van der Waals surface area (Å²) in [7, 11) is -3.52. The van der Waals surface area contributed by atoms with E-state index >= 15 is 0 Å². The minimum Gasteiger partial charge on any atom is -0.355 e. The van der Waals surface area contributed by atoms with Gasteiger partial charge in [0, 0.05) is 26.1 Å². The number of rotatable bonds is 11. The molecule has 1 atom stereocenters. The smallest absolute Gasteiger partial charge is 0.242 e. The predicted molar refractivity (Wildman–Crippen MR) is 137 cm³/mol. The Morgan fingerprint density at radius 3 is 2.32 bits per heavy atom. The van der Waals surface area contributed by atoms with E-state index in [9.17, 15) is 18.0 Å². The van der Waals surface area contributed by atoms with Crippen LogP contribution in [0.15, 0.2) is 42.5 Å². The van der Waals surface area contributed by atoms with Gasteiger partial charge in [-0.15, -0.1) is 0 Å².